The molecule has 0 radical (unpaired) electrons. The number of benzene rings is 1. The quantitative estimate of drug-likeness (QED) is 0.599. The molecule has 0 aliphatic heterocycles. The second kappa shape index (κ2) is 5.61. The molecule has 0 spiro atoms. The highest BCUT2D eigenvalue weighted by atomic mass is 32.2. The summed E-state index contributed by atoms with van der Waals surface area (Å²) in [5.74, 6) is -0.121. The number of nitro benzene ring substituents is 1. The summed E-state index contributed by atoms with van der Waals surface area (Å²) in [6, 6.07) is 2.70. The largest absolute Gasteiger partial charge is 0.382 e. The molecule has 114 valence electrons. The lowest BCUT2D eigenvalue weighted by Crippen LogP contribution is -2.28. The zero-order valence-electron chi connectivity index (χ0n) is 11.3. The second-order valence-electron chi connectivity index (χ2n) is 4.38. The van der Waals surface area contributed by atoms with Crippen LogP contribution >= 0.6 is 0 Å². The Labute approximate surface area is 119 Å². The zero-order chi connectivity index (χ0) is 15.6. The molecule has 0 aliphatic carbocycles. The third-order valence-corrected chi connectivity index (χ3v) is 4.66. The molecule has 0 aliphatic rings. The molecule has 0 atom stereocenters. The Hall–Kier alpha value is -2.27. The van der Waals surface area contributed by atoms with Gasteiger partial charge in [0, 0.05) is 26.7 Å². The minimum Gasteiger partial charge on any atom is -0.382 e. The summed E-state index contributed by atoms with van der Waals surface area (Å²) in [5, 5.41) is 20.8. The van der Waals surface area contributed by atoms with E-state index in [1.165, 1.54) is 26.2 Å². The average molecular weight is 315 g/mol. The van der Waals surface area contributed by atoms with Gasteiger partial charge in [-0.15, -0.1) is 0 Å². The normalized spacial score (nSPS) is 12.0. The summed E-state index contributed by atoms with van der Waals surface area (Å²) < 4.78 is 28.9. The molecule has 1 aromatic carbocycles. The number of non-ortho nitro benzene ring substituents is 1. The van der Waals surface area contributed by atoms with E-state index in [0.29, 0.717) is 5.69 Å². The molecule has 2 rings (SSSR count). The first-order valence-corrected chi connectivity index (χ1v) is 7.47. The summed E-state index contributed by atoms with van der Waals surface area (Å²) in [7, 11) is -0.436. The van der Waals surface area contributed by atoms with Crippen LogP contribution in [-0.2, 0) is 10.0 Å². The minimum atomic E-state index is -3.33. The molecule has 10 nitrogen and oxygen atoms in total. The van der Waals surface area contributed by atoms with Gasteiger partial charge in [0.05, 0.1) is 16.4 Å². The van der Waals surface area contributed by atoms with Crippen molar-refractivity contribution in [1.29, 1.82) is 0 Å². The van der Waals surface area contributed by atoms with Crippen LogP contribution in [0.2, 0.25) is 0 Å². The van der Waals surface area contributed by atoms with E-state index in [0.717, 1.165) is 4.31 Å². The van der Waals surface area contributed by atoms with Crippen molar-refractivity contribution in [3.05, 3.63) is 22.2 Å². The van der Waals surface area contributed by atoms with E-state index in [2.05, 4.69) is 20.3 Å². The number of hydrogen-bond donors (Lipinski definition) is 1. The molecule has 11 heteroatoms. The van der Waals surface area contributed by atoms with Crippen LogP contribution in [0.3, 0.4) is 0 Å². The predicted octanol–water partition coefficient (Wildman–Crippen LogP) is 0.434. The van der Waals surface area contributed by atoms with Gasteiger partial charge in [-0.3, -0.25) is 10.1 Å². The first-order valence-electron chi connectivity index (χ1n) is 5.86. The summed E-state index contributed by atoms with van der Waals surface area (Å²) in [6.45, 7) is 0.125. The highest BCUT2D eigenvalue weighted by Gasteiger charge is 2.20. The Kier molecular flexibility index (Phi) is 4.04. The second-order valence-corrected chi connectivity index (χ2v) is 6.68. The van der Waals surface area contributed by atoms with Gasteiger partial charge in [-0.05, 0) is 16.4 Å². The fraction of sp³-hybridized carbons (Fsp3) is 0.400. The third kappa shape index (κ3) is 3.08. The van der Waals surface area contributed by atoms with Gasteiger partial charge in [0.1, 0.15) is 0 Å². The van der Waals surface area contributed by atoms with Crippen molar-refractivity contribution in [2.75, 3.05) is 31.7 Å². The van der Waals surface area contributed by atoms with Crippen LogP contribution in [0.4, 0.5) is 11.4 Å². The van der Waals surface area contributed by atoms with Crippen molar-refractivity contribution in [2.24, 2.45) is 0 Å². The molecule has 0 amide bonds. The van der Waals surface area contributed by atoms with Gasteiger partial charge in [-0.1, -0.05) is 0 Å². The van der Waals surface area contributed by atoms with Crippen LogP contribution in [0.5, 0.6) is 0 Å². The monoisotopic (exact) mass is 315 g/mol. The molecule has 21 heavy (non-hydrogen) atoms. The first kappa shape index (κ1) is 15.1. The van der Waals surface area contributed by atoms with Gasteiger partial charge in [0.25, 0.3) is 0 Å². The van der Waals surface area contributed by atoms with Crippen molar-refractivity contribution in [2.45, 2.75) is 0 Å². The Morgan fingerprint density at radius 3 is 2.62 bits per heavy atom. The lowest BCUT2D eigenvalue weighted by atomic mass is 10.2. The lowest BCUT2D eigenvalue weighted by Gasteiger charge is -2.12. The van der Waals surface area contributed by atoms with E-state index in [9.17, 15) is 18.5 Å². The van der Waals surface area contributed by atoms with Gasteiger partial charge in [-0.2, -0.15) is 0 Å². The first-order chi connectivity index (χ1) is 9.83. The van der Waals surface area contributed by atoms with E-state index < -0.39 is 14.9 Å². The van der Waals surface area contributed by atoms with Crippen LogP contribution in [0, 0.1) is 10.1 Å². The minimum absolute atomic E-state index is 0.0143. The Morgan fingerprint density at radius 2 is 2.00 bits per heavy atom. The lowest BCUT2D eigenvalue weighted by molar-refractivity contribution is -0.383. The maximum Gasteiger partial charge on any atom is 0.300 e. The number of nitrogens with zero attached hydrogens (tertiary/aromatic N) is 4. The van der Waals surface area contributed by atoms with Crippen molar-refractivity contribution in [3.8, 4) is 0 Å². The maximum absolute atomic E-state index is 11.6. The molecular weight excluding hydrogens is 302 g/mol. The van der Waals surface area contributed by atoms with Gasteiger partial charge in [0.15, 0.2) is 5.52 Å². The number of nitro groups is 1. The van der Waals surface area contributed by atoms with Crippen molar-refractivity contribution < 1.29 is 18.0 Å². The van der Waals surface area contributed by atoms with Crippen molar-refractivity contribution in [3.63, 3.8) is 0 Å². The number of sulfonamides is 1. The molecule has 1 heterocycles. The van der Waals surface area contributed by atoms with Crippen LogP contribution in [0.25, 0.3) is 11.0 Å². The van der Waals surface area contributed by atoms with E-state index in [1.807, 2.05) is 0 Å². The van der Waals surface area contributed by atoms with Crippen LogP contribution < -0.4 is 5.32 Å². The highest BCUT2D eigenvalue weighted by molar-refractivity contribution is 7.89. The summed E-state index contributed by atoms with van der Waals surface area (Å²) >= 11 is 0. The van der Waals surface area contributed by atoms with E-state index >= 15 is 0 Å². The standard InChI is InChI=1S/C10H13N5O5S/c1-14(2)21(18,19)6-5-11-7-3-4-8(15(16)17)10-9(7)12-20-13-10/h3-4,11H,5-6H2,1-2H3. The van der Waals surface area contributed by atoms with Crippen molar-refractivity contribution in [1.82, 2.24) is 14.6 Å². The Balaban J connectivity index is 2.19. The number of anilines is 1. The number of rotatable bonds is 6. The smallest absolute Gasteiger partial charge is 0.300 e. The Bertz CT molecular complexity index is 769. The van der Waals surface area contributed by atoms with Crippen LogP contribution in [-0.4, -0.2) is 54.4 Å². The van der Waals surface area contributed by atoms with E-state index in [1.54, 1.807) is 0 Å². The SMILES string of the molecule is CN(C)S(=O)(=O)CCNc1ccc([N+](=O)[O-])c2nonc12. The fourth-order valence-corrected chi connectivity index (χ4v) is 2.37. The third-order valence-electron chi connectivity index (χ3n) is 2.82. The number of nitrogens with one attached hydrogen (secondary N) is 1. The van der Waals surface area contributed by atoms with E-state index in [4.69, 9.17) is 0 Å². The molecule has 0 bridgehead atoms. The Morgan fingerprint density at radius 1 is 1.33 bits per heavy atom. The fourth-order valence-electron chi connectivity index (χ4n) is 1.64. The van der Waals surface area contributed by atoms with E-state index in [-0.39, 0.29) is 29.0 Å². The molecule has 1 aromatic heterocycles. The molecule has 2 aromatic rings. The topological polar surface area (TPSA) is 131 Å². The van der Waals surface area contributed by atoms with Crippen LogP contribution in [0.1, 0.15) is 0 Å². The average Bonchev–Trinajstić information content (AvgIpc) is 2.87. The molecule has 1 N–H and O–H groups in total. The molecule has 0 saturated heterocycles. The zero-order valence-corrected chi connectivity index (χ0v) is 12.1. The van der Waals surface area contributed by atoms with Gasteiger partial charge < -0.3 is 5.32 Å². The van der Waals surface area contributed by atoms with Gasteiger partial charge in [0.2, 0.25) is 15.5 Å². The maximum atomic E-state index is 11.6. The van der Waals surface area contributed by atoms with Crippen molar-refractivity contribution >= 4 is 32.4 Å². The number of fused-ring (bicyclic) bond motifs is 1. The molecule has 0 fully saturated rings. The predicted molar refractivity (Wildman–Crippen MR) is 74.4 cm³/mol. The summed E-state index contributed by atoms with van der Waals surface area (Å²) in [5.41, 5.74) is 0.399. The van der Waals surface area contributed by atoms with Gasteiger partial charge >= 0.3 is 5.69 Å². The molecule has 0 saturated carbocycles. The summed E-state index contributed by atoms with van der Waals surface area (Å²) in [6.07, 6.45) is 0. The highest BCUT2D eigenvalue weighted by Crippen LogP contribution is 2.28. The molecule has 0 unspecified atom stereocenters. The summed E-state index contributed by atoms with van der Waals surface area (Å²) in [4.78, 5) is 10.2. The number of aromatic nitrogens is 2. The van der Waals surface area contributed by atoms with Crippen LogP contribution in [0.15, 0.2) is 16.8 Å². The molecular formula is C10H13N5O5S. The number of hydrogen-bond acceptors (Lipinski definition) is 8. The van der Waals surface area contributed by atoms with Gasteiger partial charge in [-0.25, -0.2) is 17.4 Å².